The molecule has 0 saturated heterocycles. The van der Waals surface area contributed by atoms with E-state index >= 15 is 0 Å². The van der Waals surface area contributed by atoms with Crippen LogP contribution in [-0.2, 0) is 11.2 Å². The van der Waals surface area contributed by atoms with Crippen molar-refractivity contribution in [3.8, 4) is 22.6 Å². The van der Waals surface area contributed by atoms with Crippen molar-refractivity contribution in [1.29, 1.82) is 0 Å². The summed E-state index contributed by atoms with van der Waals surface area (Å²) < 4.78 is 6.00. The lowest BCUT2D eigenvalue weighted by atomic mass is 10.1. The Hall–Kier alpha value is -4.79. The van der Waals surface area contributed by atoms with Crippen LogP contribution < -0.4 is 10.9 Å². The Kier molecular flexibility index (Phi) is 6.73. The normalized spacial score (nSPS) is 10.5. The number of aryl methyl sites for hydroxylation is 1. The monoisotopic (exact) mass is 456 g/mol. The fourth-order valence-electron chi connectivity index (χ4n) is 3.26. The highest BCUT2D eigenvalue weighted by molar-refractivity contribution is 5.95. The van der Waals surface area contributed by atoms with Crippen molar-refractivity contribution in [3.05, 3.63) is 106 Å². The minimum atomic E-state index is -0.586. The highest BCUT2D eigenvalue weighted by Crippen LogP contribution is 2.32. The molecule has 2 N–H and O–H groups in total. The number of benzene rings is 3. The Bertz CT molecular complexity index is 1250. The molecule has 9 nitrogen and oxygen atoms in total. The third-order valence-corrected chi connectivity index (χ3v) is 4.98. The molecular formula is C25H20N4O5. The van der Waals surface area contributed by atoms with Crippen LogP contribution in [0.3, 0.4) is 0 Å². The first-order valence-electron chi connectivity index (χ1n) is 10.5. The molecule has 0 aliphatic heterocycles. The maximum absolute atomic E-state index is 12.2. The third-order valence-electron chi connectivity index (χ3n) is 4.98. The van der Waals surface area contributed by atoms with Crippen LogP contribution in [0.5, 0.6) is 0 Å². The molecule has 1 heterocycles. The molecule has 0 atom stereocenters. The number of rotatable bonds is 7. The smallest absolute Gasteiger partial charge is 0.269 e. The summed E-state index contributed by atoms with van der Waals surface area (Å²) in [6.45, 7) is 0. The van der Waals surface area contributed by atoms with Crippen molar-refractivity contribution in [2.45, 2.75) is 12.8 Å². The molecule has 4 aromatic rings. The van der Waals surface area contributed by atoms with Gasteiger partial charge in [0, 0.05) is 41.7 Å². The van der Waals surface area contributed by atoms with E-state index in [2.05, 4.69) is 15.8 Å². The number of nitro benzene ring substituents is 1. The van der Waals surface area contributed by atoms with Crippen molar-refractivity contribution < 1.29 is 18.9 Å². The van der Waals surface area contributed by atoms with Crippen molar-refractivity contribution in [1.82, 2.24) is 15.8 Å². The number of hydrogen-bond donors (Lipinski definition) is 2. The van der Waals surface area contributed by atoms with Gasteiger partial charge in [-0.1, -0.05) is 60.7 Å². The van der Waals surface area contributed by atoms with Crippen LogP contribution in [0.4, 0.5) is 5.69 Å². The molecule has 0 saturated carbocycles. The molecule has 9 heteroatoms. The molecule has 170 valence electrons. The Morgan fingerprint density at radius 2 is 1.47 bits per heavy atom. The maximum Gasteiger partial charge on any atom is 0.269 e. The van der Waals surface area contributed by atoms with Gasteiger partial charge in [-0.3, -0.25) is 30.6 Å². The van der Waals surface area contributed by atoms with Crippen molar-refractivity contribution in [2.24, 2.45) is 0 Å². The number of oxazole rings is 1. The predicted molar refractivity (Wildman–Crippen MR) is 124 cm³/mol. The van der Waals surface area contributed by atoms with Crippen LogP contribution in [0.2, 0.25) is 0 Å². The lowest BCUT2D eigenvalue weighted by Crippen LogP contribution is -2.41. The van der Waals surface area contributed by atoms with Gasteiger partial charge in [0.05, 0.1) is 4.92 Å². The summed E-state index contributed by atoms with van der Waals surface area (Å²) in [5.74, 6) is -0.00341. The molecule has 2 amide bonds. The third kappa shape index (κ3) is 5.33. The molecule has 4 rings (SSSR count). The fraction of sp³-hybridized carbons (Fsp3) is 0.0800. The average Bonchev–Trinajstić information content (AvgIpc) is 3.31. The molecule has 3 aromatic carbocycles. The molecule has 0 unspecified atom stereocenters. The van der Waals surface area contributed by atoms with Crippen LogP contribution in [-0.4, -0.2) is 21.7 Å². The van der Waals surface area contributed by atoms with E-state index in [0.29, 0.717) is 17.3 Å². The van der Waals surface area contributed by atoms with Gasteiger partial charge < -0.3 is 4.42 Å². The zero-order chi connectivity index (χ0) is 23.9. The molecule has 0 radical (unpaired) electrons. The first kappa shape index (κ1) is 22.4. The van der Waals surface area contributed by atoms with Crippen LogP contribution in [0, 0.1) is 10.1 Å². The lowest BCUT2D eigenvalue weighted by Gasteiger charge is -2.06. The van der Waals surface area contributed by atoms with E-state index in [1.807, 2.05) is 60.7 Å². The van der Waals surface area contributed by atoms with Crippen molar-refractivity contribution >= 4 is 17.5 Å². The van der Waals surface area contributed by atoms with Gasteiger partial charge >= 0.3 is 0 Å². The summed E-state index contributed by atoms with van der Waals surface area (Å²) in [6, 6.07) is 24.3. The Morgan fingerprint density at radius 3 is 2.09 bits per heavy atom. The summed E-state index contributed by atoms with van der Waals surface area (Å²) >= 11 is 0. The molecule has 0 spiro atoms. The Balaban J connectivity index is 1.39. The summed E-state index contributed by atoms with van der Waals surface area (Å²) in [5, 5.41) is 10.7. The number of carbonyl (C=O) groups is 2. The minimum Gasteiger partial charge on any atom is -0.440 e. The van der Waals surface area contributed by atoms with Gasteiger partial charge in [0.1, 0.15) is 5.69 Å². The Labute approximate surface area is 194 Å². The number of non-ortho nitro benzene ring substituents is 1. The highest BCUT2D eigenvalue weighted by Gasteiger charge is 2.18. The summed E-state index contributed by atoms with van der Waals surface area (Å²) in [5.41, 5.74) is 7.14. The van der Waals surface area contributed by atoms with Gasteiger partial charge in [0.15, 0.2) is 11.7 Å². The van der Waals surface area contributed by atoms with Gasteiger partial charge in [-0.05, 0) is 12.1 Å². The van der Waals surface area contributed by atoms with Crippen LogP contribution in [0.1, 0.15) is 22.7 Å². The average molecular weight is 456 g/mol. The van der Waals surface area contributed by atoms with Gasteiger partial charge in [0.2, 0.25) is 5.91 Å². The van der Waals surface area contributed by atoms with E-state index in [1.54, 1.807) is 0 Å². The molecule has 0 bridgehead atoms. The zero-order valence-corrected chi connectivity index (χ0v) is 17.9. The molecule has 0 aliphatic rings. The van der Waals surface area contributed by atoms with E-state index < -0.39 is 16.7 Å². The second kappa shape index (κ2) is 10.2. The van der Waals surface area contributed by atoms with E-state index in [0.717, 1.165) is 11.1 Å². The highest BCUT2D eigenvalue weighted by atomic mass is 16.6. The maximum atomic E-state index is 12.2. The van der Waals surface area contributed by atoms with Crippen molar-refractivity contribution in [2.75, 3.05) is 0 Å². The number of nitrogens with one attached hydrogen (secondary N) is 2. The van der Waals surface area contributed by atoms with Gasteiger partial charge in [0.25, 0.3) is 11.6 Å². The van der Waals surface area contributed by atoms with Crippen molar-refractivity contribution in [3.63, 3.8) is 0 Å². The lowest BCUT2D eigenvalue weighted by molar-refractivity contribution is -0.384. The van der Waals surface area contributed by atoms with E-state index in [4.69, 9.17) is 4.42 Å². The molecule has 0 fully saturated rings. The summed E-state index contributed by atoms with van der Waals surface area (Å²) in [4.78, 5) is 39.1. The topological polar surface area (TPSA) is 127 Å². The SMILES string of the molecule is O=C(CCc1nc(-c2ccccc2)c(-c2ccccc2)o1)NNC(=O)c1ccc([N+](=O)[O-])cc1. The number of carbonyl (C=O) groups excluding carboxylic acids is 2. The Morgan fingerprint density at radius 1 is 0.853 bits per heavy atom. The standard InChI is InChI=1S/C25H20N4O5/c30-21(27-28-25(31)19-11-13-20(14-12-19)29(32)33)15-16-22-26-23(17-7-3-1-4-8-17)24(34-22)18-9-5-2-6-10-18/h1-14H,15-16H2,(H,27,30)(H,28,31). The second-order valence-electron chi connectivity index (χ2n) is 7.32. The summed E-state index contributed by atoms with van der Waals surface area (Å²) in [6.07, 6.45) is 0.259. The van der Waals surface area contributed by atoms with E-state index in [-0.39, 0.29) is 24.1 Å². The van der Waals surface area contributed by atoms with Crippen LogP contribution >= 0.6 is 0 Å². The molecule has 1 aromatic heterocycles. The van der Waals surface area contributed by atoms with Gasteiger partial charge in [-0.2, -0.15) is 0 Å². The van der Waals surface area contributed by atoms with E-state index in [1.165, 1.54) is 24.3 Å². The van der Waals surface area contributed by atoms with Gasteiger partial charge in [-0.25, -0.2) is 4.98 Å². The number of hydrogen-bond acceptors (Lipinski definition) is 6. The second-order valence-corrected chi connectivity index (χ2v) is 7.32. The zero-order valence-electron chi connectivity index (χ0n) is 17.9. The predicted octanol–water partition coefficient (Wildman–Crippen LogP) is 4.31. The number of nitrogens with zero attached hydrogens (tertiary/aromatic N) is 2. The quantitative estimate of drug-likeness (QED) is 0.315. The fourth-order valence-corrected chi connectivity index (χ4v) is 3.26. The molecule has 0 aliphatic carbocycles. The number of amides is 2. The minimum absolute atomic E-state index is 0.0313. The molecular weight excluding hydrogens is 436 g/mol. The molecule has 34 heavy (non-hydrogen) atoms. The van der Waals surface area contributed by atoms with Crippen LogP contribution in [0.15, 0.2) is 89.3 Å². The first-order valence-corrected chi connectivity index (χ1v) is 10.5. The first-order chi connectivity index (χ1) is 16.5. The number of nitro groups is 1. The number of aromatic nitrogens is 1. The van der Waals surface area contributed by atoms with E-state index in [9.17, 15) is 19.7 Å². The summed E-state index contributed by atoms with van der Waals surface area (Å²) in [7, 11) is 0. The number of hydrazine groups is 1. The van der Waals surface area contributed by atoms with Crippen LogP contribution in [0.25, 0.3) is 22.6 Å². The van der Waals surface area contributed by atoms with Gasteiger partial charge in [-0.15, -0.1) is 0 Å². The largest absolute Gasteiger partial charge is 0.440 e.